The fourth-order valence-electron chi connectivity index (χ4n) is 1.87. The van der Waals surface area contributed by atoms with Crippen molar-refractivity contribution in [1.29, 1.82) is 0 Å². The zero-order chi connectivity index (χ0) is 10.4. The lowest BCUT2D eigenvalue weighted by Gasteiger charge is -2.21. The first kappa shape index (κ1) is 9.21. The van der Waals surface area contributed by atoms with Crippen molar-refractivity contribution in [1.82, 2.24) is 4.98 Å². The molecule has 0 unspecified atom stereocenters. The molecular weight excluding hydrogens is 256 g/mol. The minimum atomic E-state index is 0.510. The van der Waals surface area contributed by atoms with E-state index in [0.29, 0.717) is 11.6 Å². The quantitative estimate of drug-likeness (QED) is 0.805. The first-order chi connectivity index (χ1) is 7.24. The molecule has 0 atom stereocenters. The van der Waals surface area contributed by atoms with Crippen molar-refractivity contribution in [2.75, 3.05) is 5.73 Å². The molecule has 2 N–H and O–H groups in total. The molecule has 3 nitrogen and oxygen atoms in total. The molecule has 1 saturated carbocycles. The number of benzene rings is 1. The smallest absolute Gasteiger partial charge is 0.198 e. The first-order valence-corrected chi connectivity index (χ1v) is 5.89. The number of fused-ring (bicyclic) bond motifs is 1. The van der Waals surface area contributed by atoms with Crippen LogP contribution < -0.4 is 5.73 Å². The van der Waals surface area contributed by atoms with Gasteiger partial charge in [0.1, 0.15) is 5.52 Å². The SMILES string of the molecule is Nc1cc(Br)cc2nc(C3CCC3)oc12. The van der Waals surface area contributed by atoms with Gasteiger partial charge in [-0.1, -0.05) is 22.4 Å². The molecule has 0 saturated heterocycles. The maximum atomic E-state index is 5.87. The third-order valence-corrected chi connectivity index (χ3v) is 3.41. The molecule has 0 bridgehead atoms. The molecule has 1 aromatic heterocycles. The molecule has 0 radical (unpaired) electrons. The van der Waals surface area contributed by atoms with Crippen LogP contribution in [-0.2, 0) is 0 Å². The molecule has 1 aliphatic carbocycles. The fraction of sp³-hybridized carbons (Fsp3) is 0.364. The second-order valence-electron chi connectivity index (χ2n) is 4.02. The summed E-state index contributed by atoms with van der Waals surface area (Å²) in [7, 11) is 0. The lowest BCUT2D eigenvalue weighted by Crippen LogP contribution is -2.08. The summed E-state index contributed by atoms with van der Waals surface area (Å²) in [6, 6.07) is 3.79. The first-order valence-electron chi connectivity index (χ1n) is 5.09. The van der Waals surface area contributed by atoms with Crippen LogP contribution in [0.3, 0.4) is 0 Å². The highest BCUT2D eigenvalue weighted by Crippen LogP contribution is 2.38. The van der Waals surface area contributed by atoms with Gasteiger partial charge in [-0.25, -0.2) is 4.98 Å². The number of nitrogen functional groups attached to an aromatic ring is 1. The molecule has 3 rings (SSSR count). The van der Waals surface area contributed by atoms with Crippen LogP contribution in [0.1, 0.15) is 31.1 Å². The van der Waals surface area contributed by atoms with E-state index in [1.54, 1.807) is 0 Å². The van der Waals surface area contributed by atoms with E-state index in [1.165, 1.54) is 19.3 Å². The molecule has 2 aromatic rings. The van der Waals surface area contributed by atoms with Crippen LogP contribution in [0.25, 0.3) is 11.1 Å². The molecule has 1 heterocycles. The Labute approximate surface area is 95.8 Å². The molecule has 0 spiro atoms. The van der Waals surface area contributed by atoms with Crippen LogP contribution in [-0.4, -0.2) is 4.98 Å². The second-order valence-corrected chi connectivity index (χ2v) is 4.94. The predicted molar refractivity (Wildman–Crippen MR) is 62.7 cm³/mol. The normalized spacial score (nSPS) is 16.9. The third-order valence-electron chi connectivity index (χ3n) is 2.95. The van der Waals surface area contributed by atoms with Gasteiger partial charge < -0.3 is 10.2 Å². The maximum absolute atomic E-state index is 5.87. The Bertz CT molecular complexity index is 517. The Morgan fingerprint density at radius 1 is 1.40 bits per heavy atom. The average molecular weight is 267 g/mol. The number of halogens is 1. The van der Waals surface area contributed by atoms with E-state index in [9.17, 15) is 0 Å². The number of hydrogen-bond donors (Lipinski definition) is 1. The summed E-state index contributed by atoms with van der Waals surface area (Å²) in [6.07, 6.45) is 3.66. The Morgan fingerprint density at radius 2 is 2.20 bits per heavy atom. The van der Waals surface area contributed by atoms with Gasteiger partial charge in [0.15, 0.2) is 11.5 Å². The van der Waals surface area contributed by atoms with E-state index in [-0.39, 0.29) is 0 Å². The summed E-state index contributed by atoms with van der Waals surface area (Å²) in [5, 5.41) is 0. The molecule has 1 aliphatic rings. The number of hydrogen-bond acceptors (Lipinski definition) is 3. The zero-order valence-electron chi connectivity index (χ0n) is 8.16. The number of aromatic nitrogens is 1. The lowest BCUT2D eigenvalue weighted by atomic mass is 9.85. The highest BCUT2D eigenvalue weighted by molar-refractivity contribution is 9.10. The van der Waals surface area contributed by atoms with Gasteiger partial charge in [-0.3, -0.25) is 0 Å². The van der Waals surface area contributed by atoms with Gasteiger partial charge in [0.2, 0.25) is 0 Å². The molecular formula is C11H11BrN2O. The highest BCUT2D eigenvalue weighted by Gasteiger charge is 2.25. The van der Waals surface area contributed by atoms with Crippen LogP contribution in [0.2, 0.25) is 0 Å². The van der Waals surface area contributed by atoms with E-state index >= 15 is 0 Å². The van der Waals surface area contributed by atoms with Crippen molar-refractivity contribution in [3.8, 4) is 0 Å². The van der Waals surface area contributed by atoms with Gasteiger partial charge in [0.25, 0.3) is 0 Å². The molecule has 0 aliphatic heterocycles. The molecule has 1 fully saturated rings. The van der Waals surface area contributed by atoms with Crippen molar-refractivity contribution in [3.63, 3.8) is 0 Å². The van der Waals surface area contributed by atoms with Gasteiger partial charge >= 0.3 is 0 Å². The van der Waals surface area contributed by atoms with Gasteiger partial charge in [0.05, 0.1) is 5.69 Å². The number of nitrogens with zero attached hydrogens (tertiary/aromatic N) is 1. The number of anilines is 1. The van der Waals surface area contributed by atoms with Gasteiger partial charge in [0, 0.05) is 10.4 Å². The Morgan fingerprint density at radius 3 is 2.87 bits per heavy atom. The van der Waals surface area contributed by atoms with E-state index in [0.717, 1.165) is 21.5 Å². The summed E-state index contributed by atoms with van der Waals surface area (Å²) in [4.78, 5) is 4.48. The van der Waals surface area contributed by atoms with Crippen LogP contribution in [0.5, 0.6) is 0 Å². The van der Waals surface area contributed by atoms with Crippen LogP contribution >= 0.6 is 15.9 Å². The van der Waals surface area contributed by atoms with Gasteiger partial charge in [-0.15, -0.1) is 0 Å². The fourth-order valence-corrected chi connectivity index (χ4v) is 2.33. The van der Waals surface area contributed by atoms with Crippen LogP contribution in [0, 0.1) is 0 Å². The summed E-state index contributed by atoms with van der Waals surface area (Å²) >= 11 is 3.40. The monoisotopic (exact) mass is 266 g/mol. The lowest BCUT2D eigenvalue weighted by molar-refractivity contribution is 0.344. The van der Waals surface area contributed by atoms with Crippen molar-refractivity contribution >= 4 is 32.7 Å². The largest absolute Gasteiger partial charge is 0.438 e. The van der Waals surface area contributed by atoms with Crippen LogP contribution in [0.15, 0.2) is 21.0 Å². The summed E-state index contributed by atoms with van der Waals surface area (Å²) < 4.78 is 6.65. The molecule has 78 valence electrons. The standard InChI is InChI=1S/C11H11BrN2O/c12-7-4-8(13)10-9(5-7)14-11(15-10)6-2-1-3-6/h4-6H,1-3,13H2. The highest BCUT2D eigenvalue weighted by atomic mass is 79.9. The minimum absolute atomic E-state index is 0.510. The third kappa shape index (κ3) is 1.44. The number of rotatable bonds is 1. The van der Waals surface area contributed by atoms with Gasteiger partial charge in [-0.2, -0.15) is 0 Å². The Hall–Kier alpha value is -1.03. The van der Waals surface area contributed by atoms with Crippen LogP contribution in [0.4, 0.5) is 5.69 Å². The second kappa shape index (κ2) is 3.23. The molecule has 4 heteroatoms. The topological polar surface area (TPSA) is 52.0 Å². The molecule has 15 heavy (non-hydrogen) atoms. The zero-order valence-corrected chi connectivity index (χ0v) is 9.75. The molecule has 1 aromatic carbocycles. The Kier molecular flexibility index (Phi) is 1.99. The maximum Gasteiger partial charge on any atom is 0.198 e. The molecule has 0 amide bonds. The minimum Gasteiger partial charge on any atom is -0.438 e. The average Bonchev–Trinajstić information content (AvgIpc) is 2.44. The van der Waals surface area contributed by atoms with E-state index in [2.05, 4.69) is 20.9 Å². The van der Waals surface area contributed by atoms with E-state index in [1.807, 2.05) is 12.1 Å². The van der Waals surface area contributed by atoms with Gasteiger partial charge in [-0.05, 0) is 25.0 Å². The number of oxazole rings is 1. The van der Waals surface area contributed by atoms with Crippen molar-refractivity contribution in [2.24, 2.45) is 0 Å². The van der Waals surface area contributed by atoms with E-state index in [4.69, 9.17) is 10.2 Å². The van der Waals surface area contributed by atoms with Crippen molar-refractivity contribution in [2.45, 2.75) is 25.2 Å². The predicted octanol–water partition coefficient (Wildman–Crippen LogP) is 3.44. The van der Waals surface area contributed by atoms with Crippen molar-refractivity contribution in [3.05, 3.63) is 22.5 Å². The summed E-state index contributed by atoms with van der Waals surface area (Å²) in [5.41, 5.74) is 8.09. The van der Waals surface area contributed by atoms with Crippen molar-refractivity contribution < 1.29 is 4.42 Å². The Balaban J connectivity index is 2.16. The summed E-state index contributed by atoms with van der Waals surface area (Å²) in [6.45, 7) is 0. The summed E-state index contributed by atoms with van der Waals surface area (Å²) in [5.74, 6) is 1.36. The number of nitrogens with two attached hydrogens (primary N) is 1. The van der Waals surface area contributed by atoms with E-state index < -0.39 is 0 Å².